The summed E-state index contributed by atoms with van der Waals surface area (Å²) in [4.78, 5) is 4.22. The minimum atomic E-state index is 0.483. The number of benzene rings is 2. The predicted molar refractivity (Wildman–Crippen MR) is 61.2 cm³/mol. The van der Waals surface area contributed by atoms with E-state index in [1.165, 1.54) is 5.56 Å². The highest BCUT2D eigenvalue weighted by molar-refractivity contribution is 5.84. The van der Waals surface area contributed by atoms with Crippen molar-refractivity contribution in [1.82, 2.24) is 0 Å². The first-order chi connectivity index (χ1) is 7.33. The quantitative estimate of drug-likeness (QED) is 0.608. The Balaban J connectivity index is 2.48. The maximum absolute atomic E-state index is 8.57. The van der Waals surface area contributed by atoms with Crippen molar-refractivity contribution in [2.45, 2.75) is 19.8 Å². The van der Waals surface area contributed by atoms with Crippen molar-refractivity contribution in [3.05, 3.63) is 42.0 Å². The molecule has 0 atom stereocenters. The van der Waals surface area contributed by atoms with Gasteiger partial charge in [-0.15, -0.1) is 0 Å². The molecule has 0 radical (unpaired) electrons. The number of fused-ring (bicyclic) bond motifs is 1. The minimum Gasteiger partial charge on any atom is -0.340 e. The third-order valence-corrected chi connectivity index (χ3v) is 2.52. The highest BCUT2D eigenvalue weighted by Crippen LogP contribution is 2.22. The molecule has 0 spiro atoms. The van der Waals surface area contributed by atoms with Crippen molar-refractivity contribution in [2.75, 3.05) is 0 Å². The predicted octanol–water partition coefficient (Wildman–Crippen LogP) is 3.64. The van der Waals surface area contributed by atoms with E-state index in [0.29, 0.717) is 5.75 Å². The Morgan fingerprint density at radius 1 is 1.07 bits per heavy atom. The van der Waals surface area contributed by atoms with Gasteiger partial charge in [0.25, 0.3) is 0 Å². The second-order valence-corrected chi connectivity index (χ2v) is 3.68. The van der Waals surface area contributed by atoms with E-state index in [1.807, 2.05) is 12.1 Å². The van der Waals surface area contributed by atoms with Crippen LogP contribution in [-0.2, 0) is 6.42 Å². The minimum absolute atomic E-state index is 0.483. The van der Waals surface area contributed by atoms with Crippen LogP contribution in [0.2, 0.25) is 0 Å². The molecule has 2 heteroatoms. The highest BCUT2D eigenvalue weighted by atomic mass is 17.1. The number of hydrogen-bond acceptors (Lipinski definition) is 2. The Labute approximate surface area is 89.0 Å². The lowest BCUT2D eigenvalue weighted by molar-refractivity contribution is -0.137. The van der Waals surface area contributed by atoms with Gasteiger partial charge in [-0.25, -0.2) is 5.26 Å². The lowest BCUT2D eigenvalue weighted by Gasteiger charge is -2.03. The molecular weight excluding hydrogens is 188 g/mol. The second kappa shape index (κ2) is 4.32. The summed E-state index contributed by atoms with van der Waals surface area (Å²) in [5, 5.41) is 10.8. The van der Waals surface area contributed by atoms with Crippen LogP contribution in [0.25, 0.3) is 10.8 Å². The summed E-state index contributed by atoms with van der Waals surface area (Å²) in [6.07, 6.45) is 2.22. The second-order valence-electron chi connectivity index (χ2n) is 3.68. The molecule has 2 nitrogen and oxygen atoms in total. The van der Waals surface area contributed by atoms with Crippen molar-refractivity contribution < 1.29 is 10.1 Å². The van der Waals surface area contributed by atoms with E-state index in [0.717, 1.165) is 23.6 Å². The normalized spacial score (nSPS) is 10.5. The van der Waals surface area contributed by atoms with Crippen LogP contribution in [0, 0.1) is 0 Å². The third-order valence-electron chi connectivity index (χ3n) is 2.52. The van der Waals surface area contributed by atoms with Crippen LogP contribution in [-0.4, -0.2) is 5.26 Å². The third kappa shape index (κ3) is 2.10. The molecule has 2 aromatic rings. The molecule has 0 saturated heterocycles. The van der Waals surface area contributed by atoms with Crippen LogP contribution >= 0.6 is 0 Å². The number of aryl methyl sites for hydroxylation is 1. The topological polar surface area (TPSA) is 29.5 Å². The summed E-state index contributed by atoms with van der Waals surface area (Å²) in [6.45, 7) is 2.16. The smallest absolute Gasteiger partial charge is 0.165 e. The monoisotopic (exact) mass is 202 g/mol. The molecule has 0 amide bonds. The maximum atomic E-state index is 8.57. The Bertz CT molecular complexity index is 463. The van der Waals surface area contributed by atoms with E-state index in [4.69, 9.17) is 5.26 Å². The van der Waals surface area contributed by atoms with Gasteiger partial charge in [0.15, 0.2) is 5.75 Å². The Morgan fingerprint density at radius 2 is 1.87 bits per heavy atom. The van der Waals surface area contributed by atoms with Crippen LogP contribution in [0.3, 0.4) is 0 Å². The molecule has 0 fully saturated rings. The molecule has 2 aromatic carbocycles. The fourth-order valence-electron chi connectivity index (χ4n) is 1.78. The summed E-state index contributed by atoms with van der Waals surface area (Å²) in [5.74, 6) is 0.483. The van der Waals surface area contributed by atoms with Crippen molar-refractivity contribution >= 4 is 10.8 Å². The van der Waals surface area contributed by atoms with Crippen LogP contribution < -0.4 is 4.89 Å². The van der Waals surface area contributed by atoms with Gasteiger partial charge in [-0.1, -0.05) is 37.6 Å². The van der Waals surface area contributed by atoms with Gasteiger partial charge in [0.1, 0.15) is 0 Å². The zero-order chi connectivity index (χ0) is 10.7. The van der Waals surface area contributed by atoms with E-state index in [9.17, 15) is 0 Å². The van der Waals surface area contributed by atoms with Crippen LogP contribution in [0.15, 0.2) is 36.4 Å². The average Bonchev–Trinajstić information content (AvgIpc) is 2.28. The van der Waals surface area contributed by atoms with Gasteiger partial charge in [0, 0.05) is 0 Å². The summed E-state index contributed by atoms with van der Waals surface area (Å²) >= 11 is 0. The SMILES string of the molecule is CCCc1ccc2ccc(OO)cc2c1. The van der Waals surface area contributed by atoms with Crippen LogP contribution in [0.1, 0.15) is 18.9 Å². The van der Waals surface area contributed by atoms with E-state index in [2.05, 4.69) is 30.0 Å². The Hall–Kier alpha value is -1.54. The molecule has 2 rings (SSSR count). The molecule has 0 heterocycles. The van der Waals surface area contributed by atoms with Crippen molar-refractivity contribution in [3.63, 3.8) is 0 Å². The summed E-state index contributed by atoms with van der Waals surface area (Å²) < 4.78 is 0. The Kier molecular flexibility index (Phi) is 2.88. The molecule has 0 aliphatic rings. The molecule has 0 aliphatic carbocycles. The van der Waals surface area contributed by atoms with Gasteiger partial charge in [0.05, 0.1) is 0 Å². The molecule has 78 valence electrons. The van der Waals surface area contributed by atoms with Gasteiger partial charge in [-0.2, -0.15) is 0 Å². The summed E-state index contributed by atoms with van der Waals surface area (Å²) in [6, 6.07) is 11.9. The average molecular weight is 202 g/mol. The number of rotatable bonds is 3. The highest BCUT2D eigenvalue weighted by Gasteiger charge is 1.98. The van der Waals surface area contributed by atoms with Crippen molar-refractivity contribution in [1.29, 1.82) is 0 Å². The first-order valence-corrected chi connectivity index (χ1v) is 5.17. The summed E-state index contributed by atoms with van der Waals surface area (Å²) in [5.41, 5.74) is 1.32. The zero-order valence-corrected chi connectivity index (χ0v) is 8.73. The Morgan fingerprint density at radius 3 is 2.60 bits per heavy atom. The van der Waals surface area contributed by atoms with Crippen molar-refractivity contribution in [3.8, 4) is 5.75 Å². The van der Waals surface area contributed by atoms with Crippen LogP contribution in [0.4, 0.5) is 0 Å². The lowest BCUT2D eigenvalue weighted by Crippen LogP contribution is -1.86. The molecule has 0 bridgehead atoms. The molecule has 1 N–H and O–H groups in total. The fourth-order valence-corrected chi connectivity index (χ4v) is 1.78. The maximum Gasteiger partial charge on any atom is 0.165 e. The lowest BCUT2D eigenvalue weighted by atomic mass is 10.0. The zero-order valence-electron chi connectivity index (χ0n) is 8.73. The molecule has 0 unspecified atom stereocenters. The van der Waals surface area contributed by atoms with E-state index in [-0.39, 0.29) is 0 Å². The van der Waals surface area contributed by atoms with E-state index >= 15 is 0 Å². The molecular formula is C13H14O2. The van der Waals surface area contributed by atoms with Gasteiger partial charge < -0.3 is 4.89 Å². The first kappa shape index (κ1) is 9.99. The fraction of sp³-hybridized carbons (Fsp3) is 0.231. The first-order valence-electron chi connectivity index (χ1n) is 5.17. The molecule has 0 aromatic heterocycles. The summed E-state index contributed by atoms with van der Waals surface area (Å²) in [7, 11) is 0. The van der Waals surface area contributed by atoms with E-state index in [1.54, 1.807) is 6.07 Å². The van der Waals surface area contributed by atoms with Gasteiger partial charge in [-0.05, 0) is 34.9 Å². The number of hydrogen-bond donors (Lipinski definition) is 1. The van der Waals surface area contributed by atoms with Gasteiger partial charge in [-0.3, -0.25) is 0 Å². The van der Waals surface area contributed by atoms with Gasteiger partial charge >= 0.3 is 0 Å². The van der Waals surface area contributed by atoms with E-state index < -0.39 is 0 Å². The molecule has 0 aliphatic heterocycles. The largest absolute Gasteiger partial charge is 0.340 e. The van der Waals surface area contributed by atoms with Gasteiger partial charge in [0.2, 0.25) is 0 Å². The van der Waals surface area contributed by atoms with Crippen LogP contribution in [0.5, 0.6) is 5.75 Å². The standard InChI is InChI=1S/C13H14O2/c1-2-3-10-4-5-11-6-7-13(15-14)9-12(11)8-10/h4-9,14H,2-3H2,1H3. The van der Waals surface area contributed by atoms with Crippen molar-refractivity contribution in [2.24, 2.45) is 0 Å². The molecule has 15 heavy (non-hydrogen) atoms. The molecule has 0 saturated carbocycles.